The molecule has 1 aromatic heterocycles. The van der Waals surface area contributed by atoms with Crippen LogP contribution in [0.25, 0.3) is 0 Å². The summed E-state index contributed by atoms with van der Waals surface area (Å²) < 4.78 is 0. The number of nitrogens with one attached hydrogen (secondary N) is 2. The predicted molar refractivity (Wildman–Crippen MR) is 110 cm³/mol. The Bertz CT molecular complexity index is 919. The van der Waals surface area contributed by atoms with Crippen molar-refractivity contribution in [3.8, 4) is 0 Å². The molecule has 1 atom stereocenters. The number of fused-ring (bicyclic) bond motifs is 1. The minimum absolute atomic E-state index is 0.0605. The van der Waals surface area contributed by atoms with Crippen LogP contribution in [0.5, 0.6) is 0 Å². The molecule has 1 aromatic carbocycles. The molecule has 0 bridgehead atoms. The van der Waals surface area contributed by atoms with E-state index in [1.165, 1.54) is 11.3 Å². The van der Waals surface area contributed by atoms with Crippen molar-refractivity contribution in [1.29, 1.82) is 0 Å². The third-order valence-electron chi connectivity index (χ3n) is 4.85. The van der Waals surface area contributed by atoms with Crippen LogP contribution in [0.3, 0.4) is 0 Å². The topological polar surface area (TPSA) is 95.5 Å². The van der Waals surface area contributed by atoms with Crippen LogP contribution >= 0.6 is 11.3 Å². The van der Waals surface area contributed by atoms with E-state index in [1.807, 2.05) is 31.2 Å². The summed E-state index contributed by atoms with van der Waals surface area (Å²) in [7, 11) is 0. The van der Waals surface area contributed by atoms with Crippen molar-refractivity contribution < 1.29 is 19.5 Å². The first-order chi connectivity index (χ1) is 13.3. The molecule has 6 nitrogen and oxygen atoms in total. The molecule has 148 valence electrons. The molecule has 0 spiro atoms. The van der Waals surface area contributed by atoms with Gasteiger partial charge in [-0.15, -0.1) is 11.3 Å². The maximum absolute atomic E-state index is 13.0. The normalized spacial score (nSPS) is 13.6. The number of benzene rings is 1. The number of hydrogen-bond donors (Lipinski definition) is 3. The van der Waals surface area contributed by atoms with Crippen molar-refractivity contribution in [2.45, 2.75) is 46.0 Å². The third-order valence-corrected chi connectivity index (χ3v) is 6.06. The van der Waals surface area contributed by atoms with E-state index >= 15 is 0 Å². The van der Waals surface area contributed by atoms with Crippen LogP contribution in [-0.4, -0.2) is 22.9 Å². The van der Waals surface area contributed by atoms with Crippen molar-refractivity contribution in [2.24, 2.45) is 5.92 Å². The maximum Gasteiger partial charge on any atom is 0.303 e. The molecule has 2 aromatic rings. The predicted octanol–water partition coefficient (Wildman–Crippen LogP) is 4.24. The van der Waals surface area contributed by atoms with Crippen molar-refractivity contribution in [3.63, 3.8) is 0 Å². The lowest BCUT2D eigenvalue weighted by Crippen LogP contribution is -2.20. The molecule has 0 fully saturated rings. The molecular formula is C21H24N2O4S. The van der Waals surface area contributed by atoms with E-state index in [-0.39, 0.29) is 30.6 Å². The highest BCUT2D eigenvalue weighted by Gasteiger charge is 2.28. The highest BCUT2D eigenvalue weighted by atomic mass is 32.1. The Balaban J connectivity index is 1.79. The molecule has 28 heavy (non-hydrogen) atoms. The standard InChI is InChI=1S/C21H24N2O4S/c1-12(11-18(25)26)10-17(24)23-21-19(14-7-5-9-16(14)28-21)20(27)22-15-8-4-3-6-13(15)2/h3-4,6,8,12H,5,7,9-11H2,1-2H3,(H,22,27)(H,23,24)(H,25,26). The first-order valence-corrected chi connectivity index (χ1v) is 10.2. The average molecular weight is 401 g/mol. The Labute approximate surface area is 168 Å². The van der Waals surface area contributed by atoms with Gasteiger partial charge in [-0.3, -0.25) is 14.4 Å². The van der Waals surface area contributed by atoms with Crippen LogP contribution in [0.1, 0.15) is 52.5 Å². The summed E-state index contributed by atoms with van der Waals surface area (Å²) in [6, 6.07) is 7.57. The van der Waals surface area contributed by atoms with Gasteiger partial charge >= 0.3 is 5.97 Å². The summed E-state index contributed by atoms with van der Waals surface area (Å²) in [6.07, 6.45) is 2.79. The smallest absolute Gasteiger partial charge is 0.303 e. The summed E-state index contributed by atoms with van der Waals surface area (Å²) in [5.74, 6) is -1.68. The SMILES string of the molecule is Cc1ccccc1NC(=O)c1c(NC(=O)CC(C)CC(=O)O)sc2c1CCC2. The minimum atomic E-state index is -0.923. The Hall–Kier alpha value is -2.67. The Morgan fingerprint density at radius 2 is 1.89 bits per heavy atom. The number of amides is 2. The minimum Gasteiger partial charge on any atom is -0.481 e. The second-order valence-electron chi connectivity index (χ2n) is 7.29. The Kier molecular flexibility index (Phi) is 6.14. The molecule has 1 aliphatic rings. The molecule has 3 rings (SSSR count). The number of aliphatic carboxylic acids is 1. The van der Waals surface area contributed by atoms with Gasteiger partial charge in [0.2, 0.25) is 5.91 Å². The fourth-order valence-electron chi connectivity index (χ4n) is 3.49. The second kappa shape index (κ2) is 8.56. The molecule has 1 heterocycles. The zero-order valence-corrected chi connectivity index (χ0v) is 16.8. The van der Waals surface area contributed by atoms with Crippen molar-refractivity contribution in [3.05, 3.63) is 45.8 Å². The lowest BCUT2D eigenvalue weighted by Gasteiger charge is -2.12. The number of carbonyl (C=O) groups excluding carboxylic acids is 2. The van der Waals surface area contributed by atoms with E-state index in [4.69, 9.17) is 5.11 Å². The van der Waals surface area contributed by atoms with Gasteiger partial charge in [0.15, 0.2) is 0 Å². The lowest BCUT2D eigenvalue weighted by atomic mass is 10.0. The van der Waals surface area contributed by atoms with E-state index in [1.54, 1.807) is 6.92 Å². The van der Waals surface area contributed by atoms with Gasteiger partial charge < -0.3 is 15.7 Å². The molecule has 0 saturated carbocycles. The summed E-state index contributed by atoms with van der Waals surface area (Å²) in [4.78, 5) is 37.4. The zero-order valence-electron chi connectivity index (χ0n) is 16.0. The van der Waals surface area contributed by atoms with Crippen molar-refractivity contribution in [1.82, 2.24) is 0 Å². The molecule has 0 saturated heterocycles. The summed E-state index contributed by atoms with van der Waals surface area (Å²) in [6.45, 7) is 3.66. The fourth-order valence-corrected chi connectivity index (χ4v) is 4.80. The van der Waals surface area contributed by atoms with Gasteiger partial charge in [-0.1, -0.05) is 25.1 Å². The van der Waals surface area contributed by atoms with E-state index < -0.39 is 5.97 Å². The fraction of sp³-hybridized carbons (Fsp3) is 0.381. The number of thiophene rings is 1. The van der Waals surface area contributed by atoms with Gasteiger partial charge in [0.05, 0.1) is 5.56 Å². The van der Waals surface area contributed by atoms with Gasteiger partial charge in [0, 0.05) is 23.4 Å². The number of anilines is 2. The number of para-hydroxylation sites is 1. The quantitative estimate of drug-likeness (QED) is 0.648. The highest BCUT2D eigenvalue weighted by molar-refractivity contribution is 7.17. The number of carbonyl (C=O) groups is 3. The number of aryl methyl sites for hydroxylation is 2. The zero-order chi connectivity index (χ0) is 20.3. The van der Waals surface area contributed by atoms with E-state index in [0.29, 0.717) is 10.6 Å². The number of carboxylic acids is 1. The van der Waals surface area contributed by atoms with Gasteiger partial charge in [0.25, 0.3) is 5.91 Å². The van der Waals surface area contributed by atoms with E-state index in [2.05, 4.69) is 10.6 Å². The van der Waals surface area contributed by atoms with E-state index in [9.17, 15) is 14.4 Å². The average Bonchev–Trinajstić information content (AvgIpc) is 3.16. The van der Waals surface area contributed by atoms with Crippen LogP contribution in [0.4, 0.5) is 10.7 Å². The van der Waals surface area contributed by atoms with Gasteiger partial charge in [-0.05, 0) is 49.3 Å². The largest absolute Gasteiger partial charge is 0.481 e. The first-order valence-electron chi connectivity index (χ1n) is 9.38. The molecule has 7 heteroatoms. The third kappa shape index (κ3) is 4.59. The lowest BCUT2D eigenvalue weighted by molar-refractivity contribution is -0.138. The van der Waals surface area contributed by atoms with Gasteiger partial charge in [0.1, 0.15) is 5.00 Å². The first kappa shape index (κ1) is 20.1. The molecular weight excluding hydrogens is 376 g/mol. The molecule has 3 N–H and O–H groups in total. The van der Waals surface area contributed by atoms with Gasteiger partial charge in [-0.2, -0.15) is 0 Å². The summed E-state index contributed by atoms with van der Waals surface area (Å²) >= 11 is 1.45. The second-order valence-corrected chi connectivity index (χ2v) is 8.39. The molecule has 0 aliphatic heterocycles. The number of hydrogen-bond acceptors (Lipinski definition) is 4. The monoisotopic (exact) mass is 400 g/mol. The highest BCUT2D eigenvalue weighted by Crippen LogP contribution is 2.39. The number of carboxylic acid groups (broad SMARTS) is 1. The van der Waals surface area contributed by atoms with Crippen LogP contribution in [0, 0.1) is 12.8 Å². The number of rotatable bonds is 7. The van der Waals surface area contributed by atoms with Gasteiger partial charge in [-0.25, -0.2) is 0 Å². The molecule has 1 unspecified atom stereocenters. The summed E-state index contributed by atoms with van der Waals surface area (Å²) in [5, 5.41) is 15.2. The van der Waals surface area contributed by atoms with Crippen LogP contribution in [0.15, 0.2) is 24.3 Å². The molecule has 2 amide bonds. The summed E-state index contributed by atoms with van der Waals surface area (Å²) in [5.41, 5.74) is 3.28. The van der Waals surface area contributed by atoms with Crippen molar-refractivity contribution >= 4 is 39.8 Å². The van der Waals surface area contributed by atoms with Crippen molar-refractivity contribution in [2.75, 3.05) is 10.6 Å². The molecule has 0 radical (unpaired) electrons. The van der Waals surface area contributed by atoms with Crippen LogP contribution in [-0.2, 0) is 22.4 Å². The van der Waals surface area contributed by atoms with E-state index in [0.717, 1.165) is 41.0 Å². The van der Waals surface area contributed by atoms with Crippen LogP contribution in [0.2, 0.25) is 0 Å². The Morgan fingerprint density at radius 3 is 2.61 bits per heavy atom. The maximum atomic E-state index is 13.0. The Morgan fingerprint density at radius 1 is 1.14 bits per heavy atom. The molecule has 1 aliphatic carbocycles. The van der Waals surface area contributed by atoms with Crippen LogP contribution < -0.4 is 10.6 Å².